The molecule has 6 nitrogen and oxygen atoms in total. The van der Waals surface area contributed by atoms with Gasteiger partial charge in [-0.1, -0.05) is 29.8 Å². The van der Waals surface area contributed by atoms with Crippen LogP contribution in [0, 0.1) is 5.92 Å². The molecule has 0 saturated carbocycles. The van der Waals surface area contributed by atoms with Crippen molar-refractivity contribution in [1.82, 2.24) is 10.2 Å². The molecule has 0 saturated heterocycles. The molecule has 1 aliphatic heterocycles. The van der Waals surface area contributed by atoms with Gasteiger partial charge in [0.05, 0.1) is 5.92 Å². The van der Waals surface area contributed by atoms with Crippen molar-refractivity contribution in [2.45, 2.75) is 19.4 Å². The predicted molar refractivity (Wildman–Crippen MR) is 98.4 cm³/mol. The fourth-order valence-electron chi connectivity index (χ4n) is 2.93. The summed E-state index contributed by atoms with van der Waals surface area (Å²) >= 11 is 6.02. The van der Waals surface area contributed by atoms with Crippen molar-refractivity contribution in [2.24, 2.45) is 5.92 Å². The molecule has 2 heterocycles. The first-order valence-electron chi connectivity index (χ1n) is 8.60. The predicted octanol–water partition coefficient (Wildman–Crippen LogP) is 4.25. The van der Waals surface area contributed by atoms with Crippen LogP contribution in [0.15, 0.2) is 52.9 Å². The number of hydrogen-bond acceptors (Lipinski definition) is 6. The van der Waals surface area contributed by atoms with Crippen LogP contribution in [-0.4, -0.2) is 22.8 Å². The Bertz CT molecular complexity index is 958. The molecule has 1 aromatic heterocycles. The average molecular weight is 385 g/mol. The van der Waals surface area contributed by atoms with E-state index in [4.69, 9.17) is 25.5 Å². The lowest BCUT2D eigenvalue weighted by atomic mass is 9.97. The number of fused-ring (bicyclic) bond motifs is 1. The van der Waals surface area contributed by atoms with Crippen molar-refractivity contribution in [1.29, 1.82) is 0 Å². The van der Waals surface area contributed by atoms with Gasteiger partial charge < -0.3 is 13.9 Å². The van der Waals surface area contributed by atoms with Crippen LogP contribution < -0.4 is 4.74 Å². The maximum atomic E-state index is 12.5. The number of aromatic nitrogens is 2. The van der Waals surface area contributed by atoms with Crippen molar-refractivity contribution >= 4 is 17.6 Å². The maximum absolute atomic E-state index is 12.5. The molecule has 27 heavy (non-hydrogen) atoms. The Morgan fingerprint density at radius 2 is 2.04 bits per heavy atom. The van der Waals surface area contributed by atoms with Crippen LogP contribution in [0.3, 0.4) is 0 Å². The fourth-order valence-corrected chi connectivity index (χ4v) is 3.13. The summed E-state index contributed by atoms with van der Waals surface area (Å²) < 4.78 is 16.8. The minimum absolute atomic E-state index is 0.252. The van der Waals surface area contributed by atoms with E-state index in [1.807, 2.05) is 42.5 Å². The number of hydrogen-bond donors (Lipinski definition) is 0. The molecule has 3 aromatic rings. The standard InChI is InChI=1S/C20H17ClN2O4/c1-12(18-22-23-19(27-18)13-5-3-2-4-6-13)26-20(24)15-9-14-10-16(21)7-8-17(14)25-11-15/h2-8,10,12,15H,9,11H2,1H3/t12-,15+/m0/s1. The molecule has 0 fully saturated rings. The molecule has 0 bridgehead atoms. The molecule has 1 aliphatic rings. The lowest BCUT2D eigenvalue weighted by Crippen LogP contribution is -2.30. The minimum Gasteiger partial charge on any atom is -0.492 e. The minimum atomic E-state index is -0.650. The molecule has 0 N–H and O–H groups in total. The Morgan fingerprint density at radius 1 is 1.22 bits per heavy atom. The first-order valence-corrected chi connectivity index (χ1v) is 8.98. The zero-order valence-corrected chi connectivity index (χ0v) is 15.3. The van der Waals surface area contributed by atoms with E-state index in [1.165, 1.54) is 0 Å². The maximum Gasteiger partial charge on any atom is 0.313 e. The van der Waals surface area contributed by atoms with Crippen LogP contribution >= 0.6 is 11.6 Å². The summed E-state index contributed by atoms with van der Waals surface area (Å²) in [5, 5.41) is 8.63. The molecule has 0 unspecified atom stereocenters. The highest BCUT2D eigenvalue weighted by atomic mass is 35.5. The molecule has 2 aromatic carbocycles. The lowest BCUT2D eigenvalue weighted by Gasteiger charge is -2.24. The summed E-state index contributed by atoms with van der Waals surface area (Å²) in [4.78, 5) is 12.5. The SMILES string of the molecule is C[C@H](OC(=O)[C@H]1COc2ccc(Cl)cc2C1)c1nnc(-c2ccccc2)o1. The highest BCUT2D eigenvalue weighted by Crippen LogP contribution is 2.31. The molecular weight excluding hydrogens is 368 g/mol. The smallest absolute Gasteiger partial charge is 0.313 e. The first kappa shape index (κ1) is 17.5. The third-order valence-corrected chi connectivity index (χ3v) is 4.60. The second kappa shape index (κ2) is 7.40. The summed E-state index contributed by atoms with van der Waals surface area (Å²) in [6, 6.07) is 14.8. The zero-order chi connectivity index (χ0) is 18.8. The molecule has 2 atom stereocenters. The molecule has 0 radical (unpaired) electrons. The lowest BCUT2D eigenvalue weighted by molar-refractivity contribution is -0.156. The summed E-state index contributed by atoms with van der Waals surface area (Å²) in [6.07, 6.45) is -0.135. The quantitative estimate of drug-likeness (QED) is 0.626. The van der Waals surface area contributed by atoms with Gasteiger partial charge in [0.1, 0.15) is 12.4 Å². The van der Waals surface area contributed by atoms with Gasteiger partial charge in [0.25, 0.3) is 5.89 Å². The van der Waals surface area contributed by atoms with Crippen molar-refractivity contribution in [3.63, 3.8) is 0 Å². The number of carbonyl (C=O) groups is 1. The van der Waals surface area contributed by atoms with Crippen LogP contribution in [0.25, 0.3) is 11.5 Å². The third-order valence-electron chi connectivity index (χ3n) is 4.36. The highest BCUT2D eigenvalue weighted by Gasteiger charge is 2.30. The Labute approximate surface area is 161 Å². The second-order valence-corrected chi connectivity index (χ2v) is 6.79. The Morgan fingerprint density at radius 3 is 2.85 bits per heavy atom. The largest absolute Gasteiger partial charge is 0.492 e. The van der Waals surface area contributed by atoms with Gasteiger partial charge in [0.2, 0.25) is 5.89 Å². The second-order valence-electron chi connectivity index (χ2n) is 6.35. The monoisotopic (exact) mass is 384 g/mol. The molecule has 7 heteroatoms. The van der Waals surface area contributed by atoms with Crippen LogP contribution in [0.4, 0.5) is 0 Å². The molecule has 0 amide bonds. The van der Waals surface area contributed by atoms with E-state index in [2.05, 4.69) is 10.2 Å². The van der Waals surface area contributed by atoms with Crippen LogP contribution in [0.1, 0.15) is 24.5 Å². The van der Waals surface area contributed by atoms with Crippen molar-refractivity contribution in [3.05, 3.63) is 65.0 Å². The van der Waals surface area contributed by atoms with Gasteiger partial charge in [-0.05, 0) is 49.2 Å². The van der Waals surface area contributed by atoms with Gasteiger partial charge >= 0.3 is 5.97 Å². The zero-order valence-electron chi connectivity index (χ0n) is 14.6. The highest BCUT2D eigenvalue weighted by molar-refractivity contribution is 6.30. The topological polar surface area (TPSA) is 74.5 Å². The number of rotatable bonds is 4. The summed E-state index contributed by atoms with van der Waals surface area (Å²) in [7, 11) is 0. The van der Waals surface area contributed by atoms with Gasteiger partial charge in [-0.3, -0.25) is 4.79 Å². The molecule has 0 spiro atoms. The van der Waals surface area contributed by atoms with Gasteiger partial charge in [0.15, 0.2) is 6.10 Å². The number of halogens is 1. The van der Waals surface area contributed by atoms with E-state index in [0.717, 1.165) is 16.9 Å². The van der Waals surface area contributed by atoms with Gasteiger partial charge in [-0.15, -0.1) is 10.2 Å². The number of carbonyl (C=O) groups excluding carboxylic acids is 1. The van der Waals surface area contributed by atoms with Crippen molar-refractivity contribution < 1.29 is 18.7 Å². The van der Waals surface area contributed by atoms with Crippen molar-refractivity contribution in [2.75, 3.05) is 6.61 Å². The van der Waals surface area contributed by atoms with Crippen molar-refractivity contribution in [3.8, 4) is 17.2 Å². The van der Waals surface area contributed by atoms with Crippen LogP contribution in [0.2, 0.25) is 5.02 Å². The Balaban J connectivity index is 1.42. The number of benzene rings is 2. The van der Waals surface area contributed by atoms with E-state index in [1.54, 1.807) is 13.0 Å². The molecule has 138 valence electrons. The van der Waals surface area contributed by atoms with Crippen LogP contribution in [0.5, 0.6) is 5.75 Å². The van der Waals surface area contributed by atoms with E-state index in [-0.39, 0.29) is 18.5 Å². The van der Waals surface area contributed by atoms with E-state index in [9.17, 15) is 4.79 Å². The number of esters is 1. The first-order chi connectivity index (χ1) is 13.1. The van der Waals surface area contributed by atoms with Gasteiger partial charge in [0, 0.05) is 10.6 Å². The number of nitrogens with zero attached hydrogens (tertiary/aromatic N) is 2. The summed E-state index contributed by atoms with van der Waals surface area (Å²) in [5.41, 5.74) is 1.71. The van der Waals surface area contributed by atoms with E-state index < -0.39 is 12.0 Å². The fraction of sp³-hybridized carbons (Fsp3) is 0.250. The van der Waals surface area contributed by atoms with E-state index >= 15 is 0 Å². The molecular formula is C20H17ClN2O4. The molecule has 4 rings (SSSR count). The normalized spacial score (nSPS) is 16.9. The van der Waals surface area contributed by atoms with E-state index in [0.29, 0.717) is 17.3 Å². The third kappa shape index (κ3) is 3.80. The Hall–Kier alpha value is -2.86. The van der Waals surface area contributed by atoms with Gasteiger partial charge in [-0.25, -0.2) is 0 Å². The average Bonchev–Trinajstić information content (AvgIpc) is 3.18. The Kier molecular flexibility index (Phi) is 4.81. The summed E-state index contributed by atoms with van der Waals surface area (Å²) in [6.45, 7) is 1.97. The molecule has 0 aliphatic carbocycles. The summed E-state index contributed by atoms with van der Waals surface area (Å²) in [5.74, 6) is 0.615. The van der Waals surface area contributed by atoms with Gasteiger partial charge in [-0.2, -0.15) is 0 Å². The number of ether oxygens (including phenoxy) is 2. The van der Waals surface area contributed by atoms with Crippen LogP contribution in [-0.2, 0) is 16.0 Å².